The standard InChI is InChI=1S/3C20H22FN3/c1-2-23-10-12-24(13-11-23)20-19-16(7-5-8-17(19)21)14-15-6-3-4-9-18(15)22-20;1-2-23-9-11-24(12-10-23)20-18-14-17(21)8-7-15(18)13-16-5-3-4-6-19(16)22-20;1-2-23-9-11-24(12-10-23)20-18-8-7-17(21)14-16(18)13-15-5-3-4-6-19(15)22-20/h3-9H,2,10-14H2,1H3;2*3-8,14H,2,9-13H2,1H3. The molecule has 6 heterocycles. The first-order valence-electron chi connectivity index (χ1n) is 26.0. The zero-order valence-corrected chi connectivity index (χ0v) is 42.0. The van der Waals surface area contributed by atoms with Crippen LogP contribution >= 0.6 is 0 Å². The van der Waals surface area contributed by atoms with Gasteiger partial charge in [-0.05, 0) is 108 Å². The van der Waals surface area contributed by atoms with E-state index < -0.39 is 0 Å². The summed E-state index contributed by atoms with van der Waals surface area (Å²) in [5, 5.41) is 0. The van der Waals surface area contributed by atoms with Gasteiger partial charge in [0.15, 0.2) is 0 Å². The van der Waals surface area contributed by atoms with Gasteiger partial charge < -0.3 is 29.4 Å². The fraction of sp³-hybridized carbons (Fsp3) is 0.350. The molecule has 3 saturated heterocycles. The summed E-state index contributed by atoms with van der Waals surface area (Å²) in [6, 6.07) is 40.2. The van der Waals surface area contributed by atoms with Crippen LogP contribution in [0.4, 0.5) is 30.2 Å². The molecule has 12 rings (SSSR count). The van der Waals surface area contributed by atoms with Crippen molar-refractivity contribution in [2.24, 2.45) is 15.0 Å². The lowest BCUT2D eigenvalue weighted by atomic mass is 9.98. The van der Waals surface area contributed by atoms with Gasteiger partial charge in [0.1, 0.15) is 35.0 Å². The van der Waals surface area contributed by atoms with Gasteiger partial charge in [0.2, 0.25) is 0 Å². The van der Waals surface area contributed by atoms with Gasteiger partial charge in [-0.1, -0.05) is 93.6 Å². The molecule has 6 aromatic carbocycles. The Balaban J connectivity index is 0.000000124. The lowest BCUT2D eigenvalue weighted by Gasteiger charge is -2.36. The summed E-state index contributed by atoms with van der Waals surface area (Å²) in [5.74, 6) is 2.17. The molecule has 0 unspecified atom stereocenters. The topological polar surface area (TPSA) is 56.5 Å². The maximum atomic E-state index is 14.7. The molecule has 72 heavy (non-hydrogen) atoms. The molecule has 0 aromatic heterocycles. The summed E-state index contributed by atoms with van der Waals surface area (Å²) >= 11 is 0. The second kappa shape index (κ2) is 22.4. The minimum Gasteiger partial charge on any atom is -0.354 e. The number of fused-ring (bicyclic) bond motifs is 6. The number of amidine groups is 3. The number of hydrogen-bond acceptors (Lipinski definition) is 9. The van der Waals surface area contributed by atoms with Crippen LogP contribution in [0.15, 0.2) is 142 Å². The Morgan fingerprint density at radius 1 is 0.361 bits per heavy atom. The summed E-state index contributed by atoms with van der Waals surface area (Å²) in [7, 11) is 0. The lowest BCUT2D eigenvalue weighted by molar-refractivity contribution is 0.190. The number of hydrogen-bond donors (Lipinski definition) is 0. The average Bonchev–Trinajstić information content (AvgIpc) is 3.78. The number of benzene rings is 6. The first kappa shape index (κ1) is 49.0. The van der Waals surface area contributed by atoms with E-state index in [0.29, 0.717) is 5.56 Å². The van der Waals surface area contributed by atoms with Crippen LogP contribution in [0.5, 0.6) is 0 Å². The molecule has 0 N–H and O–H groups in total. The van der Waals surface area contributed by atoms with Crippen molar-refractivity contribution in [1.29, 1.82) is 0 Å². The van der Waals surface area contributed by atoms with Gasteiger partial charge in [0.25, 0.3) is 0 Å². The molecule has 6 aliphatic rings. The molecule has 372 valence electrons. The van der Waals surface area contributed by atoms with Crippen molar-refractivity contribution >= 4 is 34.6 Å². The Hall–Kier alpha value is -6.60. The third kappa shape index (κ3) is 10.9. The summed E-state index contributed by atoms with van der Waals surface area (Å²) in [5.41, 5.74) is 12.4. The van der Waals surface area contributed by atoms with Crippen LogP contribution in [0.1, 0.15) is 70.8 Å². The third-order valence-electron chi connectivity index (χ3n) is 15.1. The van der Waals surface area contributed by atoms with E-state index in [2.05, 4.69) is 80.5 Å². The van der Waals surface area contributed by atoms with Crippen LogP contribution in [-0.2, 0) is 19.3 Å². The molecule has 0 saturated carbocycles. The SMILES string of the molecule is CCN1CCN(C2=Nc3ccccc3Cc3cc(F)ccc32)CC1.CCN1CCN(C2=Nc3ccccc3Cc3ccc(F)cc32)CC1.CCN1CCN(C2=Nc3ccccc3Cc3cccc(F)c32)CC1. The van der Waals surface area contributed by atoms with Gasteiger partial charge in [0, 0.05) is 109 Å². The van der Waals surface area contributed by atoms with Crippen LogP contribution < -0.4 is 0 Å². The van der Waals surface area contributed by atoms with Crippen LogP contribution in [0.3, 0.4) is 0 Å². The Labute approximate surface area is 423 Å². The first-order chi connectivity index (χ1) is 35.2. The Morgan fingerprint density at radius 2 is 0.764 bits per heavy atom. The number of aliphatic imine (C=N–C) groups is 3. The van der Waals surface area contributed by atoms with E-state index in [4.69, 9.17) is 15.0 Å². The quantitative estimate of drug-likeness (QED) is 0.176. The van der Waals surface area contributed by atoms with E-state index >= 15 is 0 Å². The van der Waals surface area contributed by atoms with E-state index in [9.17, 15) is 13.2 Å². The molecule has 0 bridgehead atoms. The van der Waals surface area contributed by atoms with Crippen molar-refractivity contribution in [3.8, 4) is 0 Å². The summed E-state index contributed by atoms with van der Waals surface area (Å²) in [6.07, 6.45) is 2.25. The fourth-order valence-corrected chi connectivity index (χ4v) is 10.8. The highest BCUT2D eigenvalue weighted by atomic mass is 19.1. The van der Waals surface area contributed by atoms with E-state index in [0.717, 1.165) is 191 Å². The highest BCUT2D eigenvalue weighted by Gasteiger charge is 2.29. The predicted octanol–water partition coefficient (Wildman–Crippen LogP) is 10.3. The lowest BCUT2D eigenvalue weighted by Crippen LogP contribution is -2.49. The summed E-state index contributed by atoms with van der Waals surface area (Å²) in [4.78, 5) is 29.1. The van der Waals surface area contributed by atoms with Crippen LogP contribution in [0.25, 0.3) is 0 Å². The molecule has 9 nitrogen and oxygen atoms in total. The van der Waals surface area contributed by atoms with Crippen LogP contribution in [0, 0.1) is 17.5 Å². The molecule has 0 radical (unpaired) electrons. The largest absolute Gasteiger partial charge is 0.354 e. The highest BCUT2D eigenvalue weighted by molar-refractivity contribution is 6.04. The van der Waals surface area contributed by atoms with Gasteiger partial charge in [-0.25, -0.2) is 28.1 Å². The number of rotatable bonds is 3. The summed E-state index contributed by atoms with van der Waals surface area (Å²) in [6.45, 7) is 21.6. The van der Waals surface area contributed by atoms with E-state index in [1.165, 1.54) is 5.56 Å². The molecule has 6 aromatic rings. The number of halogens is 3. The predicted molar refractivity (Wildman–Crippen MR) is 287 cm³/mol. The minimum atomic E-state index is -0.195. The second-order valence-corrected chi connectivity index (χ2v) is 19.4. The van der Waals surface area contributed by atoms with Crippen molar-refractivity contribution in [3.05, 3.63) is 195 Å². The van der Waals surface area contributed by atoms with E-state index in [1.54, 1.807) is 36.4 Å². The molecular formula is C60H66F3N9. The molecule has 0 aliphatic carbocycles. The van der Waals surface area contributed by atoms with Gasteiger partial charge in [0.05, 0.1) is 22.6 Å². The van der Waals surface area contributed by atoms with Crippen molar-refractivity contribution in [2.75, 3.05) is 98.2 Å². The normalized spacial score (nSPS) is 17.8. The Kier molecular flexibility index (Phi) is 15.3. The number of nitrogens with zero attached hydrogens (tertiary/aromatic N) is 9. The molecule has 6 aliphatic heterocycles. The second-order valence-electron chi connectivity index (χ2n) is 19.4. The zero-order chi connectivity index (χ0) is 49.6. The van der Waals surface area contributed by atoms with Crippen molar-refractivity contribution in [1.82, 2.24) is 29.4 Å². The molecule has 12 heteroatoms. The van der Waals surface area contributed by atoms with E-state index in [-0.39, 0.29) is 17.5 Å². The summed E-state index contributed by atoms with van der Waals surface area (Å²) < 4.78 is 42.4. The first-order valence-corrected chi connectivity index (χ1v) is 26.0. The molecule has 0 atom stereocenters. The van der Waals surface area contributed by atoms with Crippen molar-refractivity contribution in [2.45, 2.75) is 40.0 Å². The molecule has 3 fully saturated rings. The van der Waals surface area contributed by atoms with Gasteiger partial charge >= 0.3 is 0 Å². The highest BCUT2D eigenvalue weighted by Crippen LogP contribution is 2.34. The van der Waals surface area contributed by atoms with Crippen molar-refractivity contribution in [3.63, 3.8) is 0 Å². The number of piperazine rings is 3. The monoisotopic (exact) mass is 970 g/mol. The third-order valence-corrected chi connectivity index (χ3v) is 15.1. The van der Waals surface area contributed by atoms with Gasteiger partial charge in [-0.2, -0.15) is 0 Å². The molecular weight excluding hydrogens is 904 g/mol. The Morgan fingerprint density at radius 3 is 1.28 bits per heavy atom. The smallest absolute Gasteiger partial charge is 0.139 e. The van der Waals surface area contributed by atoms with E-state index in [1.807, 2.05) is 60.7 Å². The van der Waals surface area contributed by atoms with Crippen LogP contribution in [0.2, 0.25) is 0 Å². The maximum absolute atomic E-state index is 14.7. The molecule has 0 spiro atoms. The zero-order valence-electron chi connectivity index (χ0n) is 42.0. The minimum absolute atomic E-state index is 0.169. The van der Waals surface area contributed by atoms with Gasteiger partial charge in [-0.3, -0.25) is 0 Å². The van der Waals surface area contributed by atoms with Gasteiger partial charge in [-0.15, -0.1) is 0 Å². The number of para-hydroxylation sites is 3. The fourth-order valence-electron chi connectivity index (χ4n) is 10.8. The Bertz CT molecular complexity index is 2950. The van der Waals surface area contributed by atoms with Crippen molar-refractivity contribution < 1.29 is 13.2 Å². The maximum Gasteiger partial charge on any atom is 0.139 e. The average molecular weight is 970 g/mol. The number of likely N-dealkylation sites (N-methyl/N-ethyl adjacent to an activating group) is 3. The molecule has 0 amide bonds. The van der Waals surface area contributed by atoms with Crippen LogP contribution in [-0.4, -0.2) is 145 Å².